The molecule has 2 aromatic rings. The lowest BCUT2D eigenvalue weighted by Crippen LogP contribution is -2.33. The Labute approximate surface area is 161 Å². The van der Waals surface area contributed by atoms with Crippen LogP contribution in [0.25, 0.3) is 0 Å². The number of nitrogens with zero attached hydrogens (tertiary/aromatic N) is 2. The summed E-state index contributed by atoms with van der Waals surface area (Å²) < 4.78 is 12.6. The number of amides is 1. The molecule has 2 heterocycles. The molecule has 0 aliphatic carbocycles. The van der Waals surface area contributed by atoms with E-state index in [4.69, 9.17) is 9.47 Å². The molecule has 1 N–H and O–H groups in total. The van der Waals surface area contributed by atoms with Crippen molar-refractivity contribution in [3.05, 3.63) is 53.9 Å². The maximum Gasteiger partial charge on any atom is 0.220 e. The van der Waals surface area contributed by atoms with Crippen LogP contribution >= 0.6 is 0 Å². The molecule has 3 rings (SSSR count). The second kappa shape index (κ2) is 9.58. The van der Waals surface area contributed by atoms with Gasteiger partial charge in [0, 0.05) is 58.1 Å². The van der Waals surface area contributed by atoms with Gasteiger partial charge in [-0.25, -0.2) is 0 Å². The number of aromatic nitrogens is 1. The predicted molar refractivity (Wildman–Crippen MR) is 105 cm³/mol. The Bertz CT molecular complexity index is 744. The van der Waals surface area contributed by atoms with Gasteiger partial charge < -0.3 is 19.4 Å². The third-order valence-corrected chi connectivity index (χ3v) is 4.92. The van der Waals surface area contributed by atoms with Gasteiger partial charge in [-0.05, 0) is 35.7 Å². The number of rotatable bonds is 8. The van der Waals surface area contributed by atoms with Crippen molar-refractivity contribution in [2.75, 3.05) is 33.9 Å². The topological polar surface area (TPSA) is 55.7 Å². The number of carbonyl (C=O) groups excluding carboxylic acids is 1. The Morgan fingerprint density at radius 2 is 2.11 bits per heavy atom. The molecule has 1 aromatic heterocycles. The summed E-state index contributed by atoms with van der Waals surface area (Å²) in [6.45, 7) is 4.58. The highest BCUT2D eigenvalue weighted by Gasteiger charge is 2.23. The summed E-state index contributed by atoms with van der Waals surface area (Å²) in [5.74, 6) is 1.24. The summed E-state index contributed by atoms with van der Waals surface area (Å²) in [5, 5.41) is 2.94. The van der Waals surface area contributed by atoms with Crippen LogP contribution in [0.15, 0.2) is 42.6 Å². The van der Waals surface area contributed by atoms with Gasteiger partial charge in [-0.3, -0.25) is 9.69 Å². The van der Waals surface area contributed by atoms with Gasteiger partial charge in [0.25, 0.3) is 0 Å². The summed E-state index contributed by atoms with van der Waals surface area (Å²) >= 11 is 0. The lowest BCUT2D eigenvalue weighted by Gasteiger charge is -2.24. The number of ether oxygens (including phenoxy) is 2. The van der Waals surface area contributed by atoms with E-state index in [1.165, 1.54) is 11.3 Å². The van der Waals surface area contributed by atoms with Crippen LogP contribution in [-0.4, -0.2) is 49.3 Å². The van der Waals surface area contributed by atoms with E-state index < -0.39 is 0 Å². The van der Waals surface area contributed by atoms with Crippen molar-refractivity contribution in [2.24, 2.45) is 5.92 Å². The maximum absolute atomic E-state index is 12.3. The Morgan fingerprint density at radius 1 is 1.22 bits per heavy atom. The fourth-order valence-corrected chi connectivity index (χ4v) is 3.67. The zero-order chi connectivity index (χ0) is 19.1. The molecule has 0 fully saturated rings. The summed E-state index contributed by atoms with van der Waals surface area (Å²) in [4.78, 5) is 14.7. The molecule has 0 unspecified atom stereocenters. The number of nitrogens with one attached hydrogen (secondary N) is 1. The van der Waals surface area contributed by atoms with Crippen LogP contribution in [0.3, 0.4) is 0 Å². The SMILES string of the molecule is COCCNC(=O)C[C@H]1CN(Cc2cccc(OC)c2)Cc2cccn2C1. The van der Waals surface area contributed by atoms with E-state index in [1.54, 1.807) is 14.2 Å². The first kappa shape index (κ1) is 19.5. The van der Waals surface area contributed by atoms with Crippen molar-refractivity contribution in [1.29, 1.82) is 0 Å². The summed E-state index contributed by atoms with van der Waals surface area (Å²) in [6, 6.07) is 12.4. The Morgan fingerprint density at radius 3 is 2.93 bits per heavy atom. The largest absolute Gasteiger partial charge is 0.497 e. The Balaban J connectivity index is 1.67. The monoisotopic (exact) mass is 371 g/mol. The number of hydrogen-bond donors (Lipinski definition) is 1. The first-order chi connectivity index (χ1) is 13.2. The van der Waals surface area contributed by atoms with Crippen LogP contribution in [0.2, 0.25) is 0 Å². The highest BCUT2D eigenvalue weighted by molar-refractivity contribution is 5.76. The molecule has 0 radical (unpaired) electrons. The van der Waals surface area contributed by atoms with E-state index in [0.29, 0.717) is 19.6 Å². The molecule has 1 aromatic carbocycles. The van der Waals surface area contributed by atoms with Gasteiger partial charge >= 0.3 is 0 Å². The Hall–Kier alpha value is -2.31. The lowest BCUT2D eigenvalue weighted by molar-refractivity contribution is -0.122. The Kier molecular flexibility index (Phi) is 6.90. The third-order valence-electron chi connectivity index (χ3n) is 4.92. The van der Waals surface area contributed by atoms with E-state index in [-0.39, 0.29) is 11.8 Å². The van der Waals surface area contributed by atoms with Gasteiger partial charge in [-0.15, -0.1) is 0 Å². The standard InChI is InChI=1S/C21H29N3O3/c1-26-10-8-22-21(25)12-18-14-23(16-19-6-4-9-24(19)15-18)13-17-5-3-7-20(11-17)27-2/h3-7,9,11,18H,8,10,12-16H2,1-2H3,(H,22,25)/t18-/m0/s1. The van der Waals surface area contributed by atoms with E-state index in [9.17, 15) is 4.79 Å². The summed E-state index contributed by atoms with van der Waals surface area (Å²) in [5.41, 5.74) is 2.51. The molecular weight excluding hydrogens is 342 g/mol. The van der Waals surface area contributed by atoms with Crippen molar-refractivity contribution in [3.8, 4) is 5.75 Å². The molecule has 1 aliphatic heterocycles. The number of benzene rings is 1. The molecule has 1 amide bonds. The molecule has 0 spiro atoms. The van der Waals surface area contributed by atoms with Crippen LogP contribution in [0.1, 0.15) is 17.7 Å². The normalized spacial score (nSPS) is 17.2. The van der Waals surface area contributed by atoms with Crippen molar-refractivity contribution in [3.63, 3.8) is 0 Å². The van der Waals surface area contributed by atoms with Crippen molar-refractivity contribution in [1.82, 2.24) is 14.8 Å². The van der Waals surface area contributed by atoms with Crippen LogP contribution < -0.4 is 10.1 Å². The average molecular weight is 371 g/mol. The van der Waals surface area contributed by atoms with E-state index >= 15 is 0 Å². The van der Waals surface area contributed by atoms with Crippen LogP contribution in [0.5, 0.6) is 5.75 Å². The minimum Gasteiger partial charge on any atom is -0.497 e. The molecule has 0 saturated carbocycles. The number of methoxy groups -OCH3 is 2. The van der Waals surface area contributed by atoms with Crippen molar-refractivity contribution >= 4 is 5.91 Å². The maximum atomic E-state index is 12.3. The molecule has 0 bridgehead atoms. The minimum absolute atomic E-state index is 0.0917. The third kappa shape index (κ3) is 5.58. The van der Waals surface area contributed by atoms with Crippen LogP contribution in [-0.2, 0) is 29.2 Å². The summed E-state index contributed by atoms with van der Waals surface area (Å²) in [6.07, 6.45) is 2.64. The minimum atomic E-state index is 0.0917. The molecule has 27 heavy (non-hydrogen) atoms. The lowest BCUT2D eigenvalue weighted by atomic mass is 10.0. The van der Waals surface area contributed by atoms with Crippen molar-refractivity contribution in [2.45, 2.75) is 26.1 Å². The van der Waals surface area contributed by atoms with Gasteiger partial charge in [0.2, 0.25) is 5.91 Å². The number of fused-ring (bicyclic) bond motifs is 1. The van der Waals surface area contributed by atoms with Crippen LogP contribution in [0, 0.1) is 5.92 Å². The molecular formula is C21H29N3O3. The first-order valence-electron chi connectivity index (χ1n) is 9.43. The second-order valence-corrected chi connectivity index (χ2v) is 7.09. The molecule has 146 valence electrons. The fourth-order valence-electron chi connectivity index (χ4n) is 3.67. The highest BCUT2D eigenvalue weighted by atomic mass is 16.5. The zero-order valence-electron chi connectivity index (χ0n) is 16.2. The molecule has 6 heteroatoms. The van der Waals surface area contributed by atoms with Gasteiger partial charge in [-0.1, -0.05) is 12.1 Å². The average Bonchev–Trinajstić information content (AvgIpc) is 3.02. The molecule has 6 nitrogen and oxygen atoms in total. The van der Waals surface area contributed by atoms with E-state index in [2.05, 4.69) is 45.2 Å². The predicted octanol–water partition coefficient (Wildman–Crippen LogP) is 2.28. The molecule has 1 aliphatic rings. The molecule has 1 atom stereocenters. The highest BCUT2D eigenvalue weighted by Crippen LogP contribution is 2.22. The van der Waals surface area contributed by atoms with Gasteiger partial charge in [0.05, 0.1) is 13.7 Å². The zero-order valence-corrected chi connectivity index (χ0v) is 16.2. The van der Waals surface area contributed by atoms with E-state index in [0.717, 1.165) is 31.9 Å². The summed E-state index contributed by atoms with van der Waals surface area (Å²) in [7, 11) is 3.33. The van der Waals surface area contributed by atoms with Gasteiger partial charge in [0.15, 0.2) is 0 Å². The fraction of sp³-hybridized carbons (Fsp3) is 0.476. The van der Waals surface area contributed by atoms with Crippen molar-refractivity contribution < 1.29 is 14.3 Å². The molecule has 0 saturated heterocycles. The van der Waals surface area contributed by atoms with Gasteiger partial charge in [0.1, 0.15) is 5.75 Å². The second-order valence-electron chi connectivity index (χ2n) is 7.09. The first-order valence-corrected chi connectivity index (χ1v) is 9.43. The van der Waals surface area contributed by atoms with E-state index in [1.807, 2.05) is 12.1 Å². The van der Waals surface area contributed by atoms with Crippen LogP contribution in [0.4, 0.5) is 0 Å². The van der Waals surface area contributed by atoms with Gasteiger partial charge in [-0.2, -0.15) is 0 Å². The number of carbonyl (C=O) groups is 1. The smallest absolute Gasteiger partial charge is 0.220 e. The number of hydrogen-bond acceptors (Lipinski definition) is 4. The quantitative estimate of drug-likeness (QED) is 0.724.